The molecule has 3 aliphatic rings. The fourth-order valence-electron chi connectivity index (χ4n) is 3.83. The van der Waals surface area contributed by atoms with Crippen molar-refractivity contribution in [2.45, 2.75) is 43.8 Å². The molecule has 0 radical (unpaired) electrons. The summed E-state index contributed by atoms with van der Waals surface area (Å²) in [7, 11) is 0. The third-order valence-electron chi connectivity index (χ3n) is 5.14. The molecular weight excluding hydrogens is 264 g/mol. The van der Waals surface area contributed by atoms with Crippen LogP contribution in [0.4, 0.5) is 0 Å². The highest BCUT2D eigenvalue weighted by Crippen LogP contribution is 2.37. The third-order valence-corrected chi connectivity index (χ3v) is 5.14. The monoisotopic (exact) mass is 288 g/mol. The van der Waals surface area contributed by atoms with Crippen molar-refractivity contribution in [2.75, 3.05) is 26.2 Å². The SMILES string of the molecule is c1ccc(OC2CCOC3(C2)CN(CC2CCC2)C3)nc1. The average molecular weight is 288 g/mol. The second-order valence-electron chi connectivity index (χ2n) is 6.90. The van der Waals surface area contributed by atoms with Gasteiger partial charge in [-0.3, -0.25) is 4.90 Å². The molecule has 1 aromatic heterocycles. The van der Waals surface area contributed by atoms with Gasteiger partial charge in [-0.2, -0.15) is 0 Å². The first-order chi connectivity index (χ1) is 10.3. The summed E-state index contributed by atoms with van der Waals surface area (Å²) < 4.78 is 12.1. The van der Waals surface area contributed by atoms with E-state index in [0.29, 0.717) is 0 Å². The Balaban J connectivity index is 1.29. The van der Waals surface area contributed by atoms with Gasteiger partial charge in [0.25, 0.3) is 0 Å². The minimum absolute atomic E-state index is 0.0570. The fourth-order valence-corrected chi connectivity index (χ4v) is 3.83. The molecule has 2 saturated heterocycles. The van der Waals surface area contributed by atoms with E-state index in [9.17, 15) is 0 Å². The zero-order valence-electron chi connectivity index (χ0n) is 12.5. The second-order valence-corrected chi connectivity index (χ2v) is 6.90. The first-order valence-electron chi connectivity index (χ1n) is 8.25. The molecule has 1 unspecified atom stereocenters. The van der Waals surface area contributed by atoms with Gasteiger partial charge in [0, 0.05) is 44.7 Å². The second kappa shape index (κ2) is 5.58. The van der Waals surface area contributed by atoms with Crippen LogP contribution in [0.1, 0.15) is 32.1 Å². The van der Waals surface area contributed by atoms with Crippen LogP contribution in [0.15, 0.2) is 24.4 Å². The maximum absolute atomic E-state index is 6.09. The Labute approximate surface area is 126 Å². The first-order valence-corrected chi connectivity index (χ1v) is 8.25. The van der Waals surface area contributed by atoms with Crippen molar-refractivity contribution < 1.29 is 9.47 Å². The van der Waals surface area contributed by atoms with Crippen LogP contribution >= 0.6 is 0 Å². The molecule has 4 rings (SSSR count). The summed E-state index contributed by atoms with van der Waals surface area (Å²) >= 11 is 0. The lowest BCUT2D eigenvalue weighted by atomic mass is 9.80. The number of aromatic nitrogens is 1. The highest BCUT2D eigenvalue weighted by molar-refractivity contribution is 5.11. The molecule has 0 aromatic carbocycles. The van der Waals surface area contributed by atoms with Crippen LogP contribution in [-0.4, -0.2) is 47.8 Å². The van der Waals surface area contributed by atoms with Crippen LogP contribution in [0, 0.1) is 5.92 Å². The van der Waals surface area contributed by atoms with E-state index < -0.39 is 0 Å². The van der Waals surface area contributed by atoms with Crippen LogP contribution < -0.4 is 4.74 Å². The van der Waals surface area contributed by atoms with E-state index in [-0.39, 0.29) is 11.7 Å². The van der Waals surface area contributed by atoms with E-state index in [2.05, 4.69) is 9.88 Å². The van der Waals surface area contributed by atoms with E-state index in [1.165, 1.54) is 25.8 Å². The smallest absolute Gasteiger partial charge is 0.213 e. The summed E-state index contributed by atoms with van der Waals surface area (Å²) in [6, 6.07) is 5.83. The van der Waals surface area contributed by atoms with Crippen LogP contribution in [0.25, 0.3) is 0 Å². The van der Waals surface area contributed by atoms with Crippen molar-refractivity contribution in [3.8, 4) is 5.88 Å². The van der Waals surface area contributed by atoms with Gasteiger partial charge in [0.1, 0.15) is 6.10 Å². The molecule has 1 aliphatic carbocycles. The molecule has 0 N–H and O–H groups in total. The number of pyridine rings is 1. The van der Waals surface area contributed by atoms with Gasteiger partial charge in [0.15, 0.2) is 0 Å². The number of nitrogens with zero attached hydrogens (tertiary/aromatic N) is 2. The van der Waals surface area contributed by atoms with Gasteiger partial charge in [-0.25, -0.2) is 4.98 Å². The lowest BCUT2D eigenvalue weighted by molar-refractivity contribution is -0.189. The van der Waals surface area contributed by atoms with Gasteiger partial charge >= 0.3 is 0 Å². The molecule has 3 heterocycles. The fraction of sp³-hybridized carbons (Fsp3) is 0.706. The quantitative estimate of drug-likeness (QED) is 0.852. The Hall–Kier alpha value is -1.13. The maximum atomic E-state index is 6.09. The molecule has 4 nitrogen and oxygen atoms in total. The number of hydrogen-bond donors (Lipinski definition) is 0. The zero-order chi connectivity index (χ0) is 14.1. The van der Waals surface area contributed by atoms with E-state index in [1.54, 1.807) is 6.20 Å². The predicted molar refractivity (Wildman–Crippen MR) is 80.4 cm³/mol. The van der Waals surface area contributed by atoms with Crippen molar-refractivity contribution >= 4 is 0 Å². The molecule has 1 spiro atoms. The van der Waals surface area contributed by atoms with Crippen LogP contribution in [0.2, 0.25) is 0 Å². The number of hydrogen-bond acceptors (Lipinski definition) is 4. The van der Waals surface area contributed by atoms with Crippen LogP contribution in [-0.2, 0) is 4.74 Å². The van der Waals surface area contributed by atoms with E-state index in [1.807, 2.05) is 18.2 Å². The first kappa shape index (κ1) is 13.5. The van der Waals surface area contributed by atoms with Gasteiger partial charge in [0.05, 0.1) is 12.2 Å². The van der Waals surface area contributed by atoms with Crippen LogP contribution in [0.5, 0.6) is 5.88 Å². The minimum atomic E-state index is 0.0570. The Morgan fingerprint density at radius 3 is 2.90 bits per heavy atom. The average Bonchev–Trinajstić information content (AvgIpc) is 2.42. The van der Waals surface area contributed by atoms with Gasteiger partial charge < -0.3 is 9.47 Å². The molecule has 21 heavy (non-hydrogen) atoms. The van der Waals surface area contributed by atoms with Crippen LogP contribution in [0.3, 0.4) is 0 Å². The topological polar surface area (TPSA) is 34.6 Å². The number of ether oxygens (including phenoxy) is 2. The molecule has 1 aromatic rings. The normalized spacial score (nSPS) is 28.9. The minimum Gasteiger partial charge on any atom is -0.474 e. The summed E-state index contributed by atoms with van der Waals surface area (Å²) in [5, 5.41) is 0. The van der Waals surface area contributed by atoms with Gasteiger partial charge in [-0.05, 0) is 24.8 Å². The Morgan fingerprint density at radius 2 is 2.19 bits per heavy atom. The highest BCUT2D eigenvalue weighted by atomic mass is 16.5. The Bertz CT molecular complexity index is 469. The lowest BCUT2D eigenvalue weighted by Crippen LogP contribution is -2.66. The molecule has 0 amide bonds. The van der Waals surface area contributed by atoms with Crippen molar-refractivity contribution in [3.05, 3.63) is 24.4 Å². The molecule has 1 saturated carbocycles. The summed E-state index contributed by atoms with van der Waals surface area (Å²) in [6.45, 7) is 4.27. The standard InChI is InChI=1S/C17H24N2O2/c1-2-8-18-16(6-1)21-15-7-9-20-17(10-15)12-19(13-17)11-14-4-3-5-14/h1-2,6,8,14-15H,3-5,7,9-13H2. The Morgan fingerprint density at radius 1 is 1.29 bits per heavy atom. The maximum Gasteiger partial charge on any atom is 0.213 e. The van der Waals surface area contributed by atoms with Gasteiger partial charge in [-0.15, -0.1) is 0 Å². The third kappa shape index (κ3) is 2.92. The molecule has 1 atom stereocenters. The van der Waals surface area contributed by atoms with E-state index in [4.69, 9.17) is 9.47 Å². The molecule has 0 bridgehead atoms. The summed E-state index contributed by atoms with van der Waals surface area (Å²) in [4.78, 5) is 6.83. The molecule has 2 aliphatic heterocycles. The lowest BCUT2D eigenvalue weighted by Gasteiger charge is -2.54. The van der Waals surface area contributed by atoms with Crippen molar-refractivity contribution in [1.82, 2.24) is 9.88 Å². The highest BCUT2D eigenvalue weighted by Gasteiger charge is 2.48. The zero-order valence-corrected chi connectivity index (χ0v) is 12.5. The number of rotatable bonds is 4. The van der Waals surface area contributed by atoms with Crippen molar-refractivity contribution in [1.29, 1.82) is 0 Å². The summed E-state index contributed by atoms with van der Waals surface area (Å²) in [5.41, 5.74) is 0.0570. The van der Waals surface area contributed by atoms with E-state index in [0.717, 1.165) is 44.3 Å². The largest absolute Gasteiger partial charge is 0.474 e. The van der Waals surface area contributed by atoms with E-state index >= 15 is 0 Å². The van der Waals surface area contributed by atoms with Gasteiger partial charge in [0.2, 0.25) is 5.88 Å². The number of likely N-dealkylation sites (tertiary alicyclic amines) is 1. The predicted octanol–water partition coefficient (Wildman–Crippen LogP) is 2.49. The van der Waals surface area contributed by atoms with Crippen molar-refractivity contribution in [2.24, 2.45) is 5.92 Å². The molecular formula is C17H24N2O2. The van der Waals surface area contributed by atoms with Gasteiger partial charge in [-0.1, -0.05) is 12.5 Å². The molecule has 4 heteroatoms. The van der Waals surface area contributed by atoms with Crippen molar-refractivity contribution in [3.63, 3.8) is 0 Å². The summed E-state index contributed by atoms with van der Waals surface area (Å²) in [5.74, 6) is 1.69. The molecule has 114 valence electrons. The Kier molecular flexibility index (Phi) is 3.59. The molecule has 3 fully saturated rings. The summed E-state index contributed by atoms with van der Waals surface area (Å²) in [6.07, 6.45) is 8.30.